The van der Waals surface area contributed by atoms with Crippen LogP contribution < -0.4 is 4.90 Å². The topological polar surface area (TPSA) is 53.4 Å². The van der Waals surface area contributed by atoms with Crippen LogP contribution in [-0.4, -0.2) is 28.6 Å². The molecule has 4 nitrogen and oxygen atoms in total. The summed E-state index contributed by atoms with van der Waals surface area (Å²) in [7, 11) is 0. The summed E-state index contributed by atoms with van der Waals surface area (Å²) < 4.78 is 0. The third-order valence-electron chi connectivity index (χ3n) is 4.33. The maximum atomic E-state index is 11.3. The summed E-state index contributed by atoms with van der Waals surface area (Å²) in [6.45, 7) is 5.36. The second kappa shape index (κ2) is 5.35. The van der Waals surface area contributed by atoms with Gasteiger partial charge in [-0.2, -0.15) is 0 Å². The second-order valence-electron chi connectivity index (χ2n) is 6.04. The van der Waals surface area contributed by atoms with Crippen LogP contribution in [0.4, 0.5) is 5.82 Å². The maximum absolute atomic E-state index is 11.3. The summed E-state index contributed by atoms with van der Waals surface area (Å²) in [5.74, 6) is 0.444. The minimum Gasteiger partial charge on any atom is -0.477 e. The number of carboxylic acids is 1. The van der Waals surface area contributed by atoms with E-state index in [2.05, 4.69) is 23.7 Å². The van der Waals surface area contributed by atoms with Crippen molar-refractivity contribution in [1.29, 1.82) is 0 Å². The average molecular weight is 284 g/mol. The Morgan fingerprint density at radius 3 is 2.81 bits per heavy atom. The number of carboxylic acid groups (broad SMARTS) is 1. The second-order valence-corrected chi connectivity index (χ2v) is 6.04. The van der Waals surface area contributed by atoms with E-state index >= 15 is 0 Å². The van der Waals surface area contributed by atoms with Gasteiger partial charge in [0.15, 0.2) is 5.69 Å². The van der Waals surface area contributed by atoms with Crippen molar-refractivity contribution in [3.63, 3.8) is 0 Å². The van der Waals surface area contributed by atoms with Gasteiger partial charge in [0.2, 0.25) is 0 Å². The summed E-state index contributed by atoms with van der Waals surface area (Å²) >= 11 is 0. The minimum atomic E-state index is -0.972. The van der Waals surface area contributed by atoms with E-state index in [0.717, 1.165) is 29.6 Å². The van der Waals surface area contributed by atoms with Gasteiger partial charge in [-0.3, -0.25) is 0 Å². The molecule has 2 unspecified atom stereocenters. The Labute approximate surface area is 124 Å². The Kier molecular flexibility index (Phi) is 3.53. The van der Waals surface area contributed by atoms with Crippen LogP contribution in [0.3, 0.4) is 0 Å². The number of benzene rings is 1. The first-order valence-electron chi connectivity index (χ1n) is 7.46. The minimum absolute atomic E-state index is 0.120. The molecular formula is C17H20N2O2. The molecule has 1 aromatic heterocycles. The number of anilines is 1. The monoisotopic (exact) mass is 284 g/mol. The van der Waals surface area contributed by atoms with Crippen LogP contribution in [0.15, 0.2) is 30.3 Å². The molecule has 2 heterocycles. The number of piperidine rings is 1. The number of rotatable bonds is 2. The number of nitrogens with zero attached hydrogens (tertiary/aromatic N) is 2. The quantitative estimate of drug-likeness (QED) is 0.916. The fraction of sp³-hybridized carbons (Fsp3) is 0.412. The molecule has 0 aliphatic carbocycles. The van der Waals surface area contributed by atoms with Gasteiger partial charge in [0.25, 0.3) is 0 Å². The number of hydrogen-bond acceptors (Lipinski definition) is 3. The molecule has 1 saturated heterocycles. The molecule has 3 rings (SSSR count). The maximum Gasteiger partial charge on any atom is 0.354 e. The molecule has 1 N–H and O–H groups in total. The van der Waals surface area contributed by atoms with Gasteiger partial charge in [-0.25, -0.2) is 9.78 Å². The molecule has 1 aromatic carbocycles. The Bertz CT molecular complexity index is 684. The molecule has 0 saturated carbocycles. The third-order valence-corrected chi connectivity index (χ3v) is 4.33. The highest BCUT2D eigenvalue weighted by Crippen LogP contribution is 2.32. The van der Waals surface area contributed by atoms with Gasteiger partial charge >= 0.3 is 5.97 Å². The van der Waals surface area contributed by atoms with Gasteiger partial charge in [-0.1, -0.05) is 31.2 Å². The van der Waals surface area contributed by atoms with E-state index in [-0.39, 0.29) is 5.69 Å². The lowest BCUT2D eigenvalue weighted by Gasteiger charge is -2.38. The smallest absolute Gasteiger partial charge is 0.354 e. The number of pyridine rings is 1. The predicted octanol–water partition coefficient (Wildman–Crippen LogP) is 3.56. The van der Waals surface area contributed by atoms with Crippen molar-refractivity contribution >= 4 is 22.6 Å². The molecule has 2 aromatic rings. The number of aromatic carboxylic acids is 1. The van der Waals surface area contributed by atoms with Crippen molar-refractivity contribution in [2.75, 3.05) is 11.4 Å². The number of fused-ring (bicyclic) bond motifs is 1. The molecule has 0 amide bonds. The zero-order valence-electron chi connectivity index (χ0n) is 12.4. The average Bonchev–Trinajstić information content (AvgIpc) is 2.48. The zero-order valence-corrected chi connectivity index (χ0v) is 12.4. The lowest BCUT2D eigenvalue weighted by atomic mass is 9.94. The summed E-state index contributed by atoms with van der Waals surface area (Å²) in [6, 6.07) is 9.92. The molecule has 21 heavy (non-hydrogen) atoms. The normalized spacial score (nSPS) is 22.5. The lowest BCUT2D eigenvalue weighted by Crippen LogP contribution is -2.41. The Balaban J connectivity index is 2.17. The Hall–Kier alpha value is -2.10. The van der Waals surface area contributed by atoms with Gasteiger partial charge in [0, 0.05) is 18.0 Å². The van der Waals surface area contributed by atoms with E-state index in [1.165, 1.54) is 6.42 Å². The highest BCUT2D eigenvalue weighted by Gasteiger charge is 2.26. The van der Waals surface area contributed by atoms with Crippen molar-refractivity contribution in [3.05, 3.63) is 36.0 Å². The highest BCUT2D eigenvalue weighted by atomic mass is 16.4. The molecule has 2 atom stereocenters. The van der Waals surface area contributed by atoms with Crippen LogP contribution in [0.1, 0.15) is 37.2 Å². The van der Waals surface area contributed by atoms with E-state index in [9.17, 15) is 9.90 Å². The van der Waals surface area contributed by atoms with Crippen LogP contribution in [0.25, 0.3) is 10.8 Å². The first-order valence-corrected chi connectivity index (χ1v) is 7.46. The summed E-state index contributed by atoms with van der Waals surface area (Å²) in [6.07, 6.45) is 2.34. The molecule has 1 aliphatic rings. The molecule has 0 bridgehead atoms. The molecule has 1 fully saturated rings. The highest BCUT2D eigenvalue weighted by molar-refractivity contribution is 5.98. The van der Waals surface area contributed by atoms with E-state index in [0.29, 0.717) is 12.0 Å². The first-order chi connectivity index (χ1) is 10.1. The number of aromatic nitrogens is 1. The molecule has 110 valence electrons. The Morgan fingerprint density at radius 2 is 2.05 bits per heavy atom. The number of hydrogen-bond donors (Lipinski definition) is 1. The van der Waals surface area contributed by atoms with Crippen LogP contribution >= 0.6 is 0 Å². The summed E-state index contributed by atoms with van der Waals surface area (Å²) in [5, 5.41) is 11.3. The molecule has 4 heteroatoms. The van der Waals surface area contributed by atoms with E-state index < -0.39 is 5.97 Å². The fourth-order valence-corrected chi connectivity index (χ4v) is 3.09. The predicted molar refractivity (Wildman–Crippen MR) is 83.9 cm³/mol. The number of carbonyl (C=O) groups is 1. The van der Waals surface area contributed by atoms with Crippen LogP contribution in [-0.2, 0) is 0 Å². The summed E-state index contributed by atoms with van der Waals surface area (Å²) in [4.78, 5) is 18.0. The van der Waals surface area contributed by atoms with Crippen molar-refractivity contribution in [1.82, 2.24) is 4.98 Å². The fourth-order valence-electron chi connectivity index (χ4n) is 3.09. The van der Waals surface area contributed by atoms with Gasteiger partial charge < -0.3 is 10.0 Å². The Morgan fingerprint density at radius 1 is 1.29 bits per heavy atom. The third kappa shape index (κ3) is 2.58. The van der Waals surface area contributed by atoms with Crippen LogP contribution in [0.2, 0.25) is 0 Å². The van der Waals surface area contributed by atoms with E-state index in [1.54, 1.807) is 6.07 Å². The molecule has 1 aliphatic heterocycles. The van der Waals surface area contributed by atoms with Crippen LogP contribution in [0, 0.1) is 5.92 Å². The first kappa shape index (κ1) is 13.9. The summed E-state index contributed by atoms with van der Waals surface area (Å²) in [5.41, 5.74) is 0.120. The van der Waals surface area contributed by atoms with Crippen LogP contribution in [0.5, 0.6) is 0 Å². The van der Waals surface area contributed by atoms with Gasteiger partial charge in [0.05, 0.1) is 0 Å². The standard InChI is InChI=1S/C17H20N2O2/c1-11-7-8-12(2)19(10-11)16-14-6-4-3-5-13(14)9-15(18-16)17(20)21/h3-6,9,11-12H,7-8,10H2,1-2H3,(H,20,21). The SMILES string of the molecule is CC1CCC(C)N(c2nc(C(=O)O)cc3ccccc23)C1. The molecule has 0 spiro atoms. The van der Waals surface area contributed by atoms with Crippen molar-refractivity contribution in [2.45, 2.75) is 32.7 Å². The van der Waals surface area contributed by atoms with Crippen molar-refractivity contribution in [3.8, 4) is 0 Å². The van der Waals surface area contributed by atoms with Crippen molar-refractivity contribution in [2.24, 2.45) is 5.92 Å². The largest absolute Gasteiger partial charge is 0.477 e. The molecule has 0 radical (unpaired) electrons. The zero-order chi connectivity index (χ0) is 15.0. The van der Waals surface area contributed by atoms with Gasteiger partial charge in [-0.05, 0) is 37.1 Å². The van der Waals surface area contributed by atoms with E-state index in [1.807, 2.05) is 24.3 Å². The lowest BCUT2D eigenvalue weighted by molar-refractivity contribution is 0.0690. The van der Waals surface area contributed by atoms with E-state index in [4.69, 9.17) is 0 Å². The molecular weight excluding hydrogens is 264 g/mol. The van der Waals surface area contributed by atoms with Crippen molar-refractivity contribution < 1.29 is 9.90 Å². The van der Waals surface area contributed by atoms with Gasteiger partial charge in [0.1, 0.15) is 5.82 Å². The van der Waals surface area contributed by atoms with Gasteiger partial charge in [-0.15, -0.1) is 0 Å².